The van der Waals surface area contributed by atoms with Gasteiger partial charge >= 0.3 is 0 Å². The summed E-state index contributed by atoms with van der Waals surface area (Å²) in [7, 11) is 0. The van der Waals surface area contributed by atoms with Gasteiger partial charge in [0.15, 0.2) is 0 Å². The maximum absolute atomic E-state index is 12.4. The SMILES string of the molecule is CCC(C)C1CC(=O)N(c2ccc(CC(C)=O)cc2)C1=O. The monoisotopic (exact) mass is 287 g/mol. The van der Waals surface area contributed by atoms with Crippen LogP contribution in [-0.4, -0.2) is 17.6 Å². The first-order valence-corrected chi connectivity index (χ1v) is 7.39. The summed E-state index contributed by atoms with van der Waals surface area (Å²) in [5.41, 5.74) is 1.49. The second-order valence-corrected chi connectivity index (χ2v) is 5.81. The van der Waals surface area contributed by atoms with Crippen LogP contribution in [0, 0.1) is 11.8 Å². The Labute approximate surface area is 125 Å². The van der Waals surface area contributed by atoms with E-state index >= 15 is 0 Å². The zero-order valence-corrected chi connectivity index (χ0v) is 12.8. The van der Waals surface area contributed by atoms with Crippen molar-refractivity contribution in [2.45, 2.75) is 40.0 Å². The molecule has 0 bridgehead atoms. The molecule has 1 aliphatic heterocycles. The predicted octanol–water partition coefficient (Wildman–Crippen LogP) is 2.74. The molecule has 0 saturated carbocycles. The van der Waals surface area contributed by atoms with Crippen molar-refractivity contribution < 1.29 is 14.4 Å². The molecule has 21 heavy (non-hydrogen) atoms. The molecule has 0 spiro atoms. The first-order chi connectivity index (χ1) is 9.93. The third kappa shape index (κ3) is 3.20. The molecule has 2 amide bonds. The molecule has 0 aliphatic carbocycles. The summed E-state index contributed by atoms with van der Waals surface area (Å²) in [5, 5.41) is 0. The highest BCUT2D eigenvalue weighted by molar-refractivity contribution is 6.21. The smallest absolute Gasteiger partial charge is 0.237 e. The Balaban J connectivity index is 2.19. The fourth-order valence-corrected chi connectivity index (χ4v) is 2.71. The van der Waals surface area contributed by atoms with Gasteiger partial charge in [-0.05, 0) is 30.5 Å². The number of rotatable bonds is 5. The zero-order valence-electron chi connectivity index (χ0n) is 12.8. The van der Waals surface area contributed by atoms with Crippen molar-refractivity contribution in [2.75, 3.05) is 4.90 Å². The summed E-state index contributed by atoms with van der Waals surface area (Å²) < 4.78 is 0. The fraction of sp³-hybridized carbons (Fsp3) is 0.471. The summed E-state index contributed by atoms with van der Waals surface area (Å²) in [4.78, 5) is 36.9. The molecule has 2 rings (SSSR count). The van der Waals surface area contributed by atoms with Gasteiger partial charge in [0.1, 0.15) is 5.78 Å². The number of amides is 2. The van der Waals surface area contributed by atoms with Crippen LogP contribution in [0.5, 0.6) is 0 Å². The van der Waals surface area contributed by atoms with Crippen LogP contribution in [0.4, 0.5) is 5.69 Å². The Bertz CT molecular complexity index is 562. The first-order valence-electron chi connectivity index (χ1n) is 7.39. The van der Waals surface area contributed by atoms with Gasteiger partial charge in [-0.1, -0.05) is 32.4 Å². The number of hydrogen-bond donors (Lipinski definition) is 0. The van der Waals surface area contributed by atoms with E-state index in [-0.39, 0.29) is 29.4 Å². The van der Waals surface area contributed by atoms with Gasteiger partial charge in [0.2, 0.25) is 11.8 Å². The quantitative estimate of drug-likeness (QED) is 0.782. The van der Waals surface area contributed by atoms with Crippen LogP contribution in [0.25, 0.3) is 0 Å². The van der Waals surface area contributed by atoms with Gasteiger partial charge < -0.3 is 0 Å². The largest absolute Gasteiger partial charge is 0.300 e. The molecule has 0 N–H and O–H groups in total. The minimum Gasteiger partial charge on any atom is -0.300 e. The summed E-state index contributed by atoms with van der Waals surface area (Å²) >= 11 is 0. The lowest BCUT2D eigenvalue weighted by Crippen LogP contribution is -2.31. The van der Waals surface area contributed by atoms with Crippen LogP contribution in [-0.2, 0) is 20.8 Å². The number of ketones is 1. The van der Waals surface area contributed by atoms with Gasteiger partial charge in [-0.3, -0.25) is 19.3 Å². The average molecular weight is 287 g/mol. The van der Waals surface area contributed by atoms with Crippen molar-refractivity contribution in [3.05, 3.63) is 29.8 Å². The summed E-state index contributed by atoms with van der Waals surface area (Å²) in [6, 6.07) is 7.09. The Hall–Kier alpha value is -1.97. The number of Topliss-reactive ketones (excluding diaryl/α,β-unsaturated/α-hetero) is 1. The average Bonchev–Trinajstić information content (AvgIpc) is 2.74. The van der Waals surface area contributed by atoms with Crippen molar-refractivity contribution in [3.8, 4) is 0 Å². The van der Waals surface area contributed by atoms with Crippen molar-refractivity contribution in [2.24, 2.45) is 11.8 Å². The minimum absolute atomic E-state index is 0.0907. The highest BCUT2D eigenvalue weighted by Crippen LogP contribution is 2.32. The normalized spacial score (nSPS) is 20.0. The topological polar surface area (TPSA) is 54.5 Å². The number of hydrogen-bond acceptors (Lipinski definition) is 3. The molecule has 1 fully saturated rings. The van der Waals surface area contributed by atoms with E-state index in [1.54, 1.807) is 24.3 Å². The van der Waals surface area contributed by atoms with E-state index in [1.807, 2.05) is 13.8 Å². The Kier molecular flexibility index (Phi) is 4.56. The van der Waals surface area contributed by atoms with Crippen LogP contribution >= 0.6 is 0 Å². The third-order valence-electron chi connectivity index (χ3n) is 4.16. The lowest BCUT2D eigenvalue weighted by atomic mass is 9.90. The number of nitrogens with zero attached hydrogens (tertiary/aromatic N) is 1. The molecule has 1 saturated heterocycles. The fourth-order valence-electron chi connectivity index (χ4n) is 2.71. The molecule has 1 heterocycles. The minimum atomic E-state index is -0.209. The predicted molar refractivity (Wildman–Crippen MR) is 80.9 cm³/mol. The molecular weight excluding hydrogens is 266 g/mol. The summed E-state index contributed by atoms with van der Waals surface area (Å²) in [6.45, 7) is 5.58. The number of imide groups is 1. The van der Waals surface area contributed by atoms with Gasteiger partial charge in [0, 0.05) is 12.8 Å². The summed E-state index contributed by atoms with van der Waals surface area (Å²) in [5.74, 6) is -0.144. The molecule has 1 aromatic rings. The second kappa shape index (κ2) is 6.20. The van der Waals surface area contributed by atoms with Crippen molar-refractivity contribution in [1.82, 2.24) is 0 Å². The van der Waals surface area contributed by atoms with Crippen LogP contribution in [0.15, 0.2) is 24.3 Å². The van der Waals surface area contributed by atoms with Gasteiger partial charge in [-0.2, -0.15) is 0 Å². The van der Waals surface area contributed by atoms with Gasteiger partial charge in [-0.15, -0.1) is 0 Å². The maximum Gasteiger partial charge on any atom is 0.237 e. The first kappa shape index (κ1) is 15.4. The molecule has 2 atom stereocenters. The molecular formula is C17H21NO3. The second-order valence-electron chi connectivity index (χ2n) is 5.81. The molecule has 2 unspecified atom stereocenters. The van der Waals surface area contributed by atoms with E-state index < -0.39 is 0 Å². The van der Waals surface area contributed by atoms with Crippen LogP contribution in [0.3, 0.4) is 0 Å². The Morgan fingerprint density at radius 1 is 1.29 bits per heavy atom. The van der Waals surface area contributed by atoms with Crippen LogP contribution in [0.1, 0.15) is 39.2 Å². The van der Waals surface area contributed by atoms with E-state index in [2.05, 4.69) is 0 Å². The van der Waals surface area contributed by atoms with Crippen LogP contribution < -0.4 is 4.90 Å². The number of benzene rings is 1. The molecule has 4 nitrogen and oxygen atoms in total. The highest BCUT2D eigenvalue weighted by Gasteiger charge is 2.41. The lowest BCUT2D eigenvalue weighted by molar-refractivity contribution is -0.123. The van der Waals surface area contributed by atoms with Gasteiger partial charge in [0.25, 0.3) is 0 Å². The zero-order chi connectivity index (χ0) is 15.6. The number of anilines is 1. The van der Waals surface area contributed by atoms with Crippen LogP contribution in [0.2, 0.25) is 0 Å². The molecule has 0 aromatic heterocycles. The number of carbonyl (C=O) groups excluding carboxylic acids is 3. The molecule has 4 heteroatoms. The standard InChI is InChI=1S/C17H21NO3/c1-4-11(2)15-10-16(20)18(17(15)21)14-7-5-13(6-8-14)9-12(3)19/h5-8,11,15H,4,9-10H2,1-3H3. The third-order valence-corrected chi connectivity index (χ3v) is 4.16. The van der Waals surface area contributed by atoms with Crippen molar-refractivity contribution in [1.29, 1.82) is 0 Å². The van der Waals surface area contributed by atoms with Crippen molar-refractivity contribution >= 4 is 23.3 Å². The molecule has 112 valence electrons. The van der Waals surface area contributed by atoms with E-state index in [4.69, 9.17) is 0 Å². The van der Waals surface area contributed by atoms with Gasteiger partial charge in [-0.25, -0.2) is 0 Å². The Morgan fingerprint density at radius 3 is 2.43 bits per heavy atom. The van der Waals surface area contributed by atoms with Crippen molar-refractivity contribution in [3.63, 3.8) is 0 Å². The van der Waals surface area contributed by atoms with E-state index in [0.717, 1.165) is 12.0 Å². The summed E-state index contributed by atoms with van der Waals surface area (Å²) in [6.07, 6.45) is 1.55. The Morgan fingerprint density at radius 2 is 1.90 bits per heavy atom. The highest BCUT2D eigenvalue weighted by atomic mass is 16.2. The molecule has 1 aromatic carbocycles. The molecule has 0 radical (unpaired) electrons. The van der Waals surface area contributed by atoms with Gasteiger partial charge in [0.05, 0.1) is 11.6 Å². The van der Waals surface area contributed by atoms with E-state index in [9.17, 15) is 14.4 Å². The number of carbonyl (C=O) groups is 3. The van der Waals surface area contributed by atoms with E-state index in [1.165, 1.54) is 11.8 Å². The maximum atomic E-state index is 12.4. The lowest BCUT2D eigenvalue weighted by Gasteiger charge is -2.18. The molecule has 1 aliphatic rings. The van der Waals surface area contributed by atoms with E-state index in [0.29, 0.717) is 18.5 Å².